The molecular weight excluding hydrogens is 201 g/mol. The van der Waals surface area contributed by atoms with Crippen LogP contribution in [0.4, 0.5) is 4.39 Å². The molecule has 1 atom stereocenters. The van der Waals surface area contributed by atoms with Gasteiger partial charge in [-0.1, -0.05) is 0 Å². The summed E-state index contributed by atoms with van der Waals surface area (Å²) < 4.78 is 12.7. The van der Waals surface area contributed by atoms with Crippen LogP contribution in [0.15, 0.2) is 12.1 Å². The Labute approximate surface area is 86.8 Å². The zero-order valence-electron chi connectivity index (χ0n) is 7.87. The average Bonchev–Trinajstić information content (AvgIpc) is 2.65. The second-order valence-electron chi connectivity index (χ2n) is 3.67. The van der Waals surface area contributed by atoms with E-state index in [1.807, 2.05) is 0 Å². The molecule has 1 aliphatic heterocycles. The summed E-state index contributed by atoms with van der Waals surface area (Å²) in [5, 5.41) is 13.0. The summed E-state index contributed by atoms with van der Waals surface area (Å²) in [5.41, 5.74) is 0. The first-order chi connectivity index (χ1) is 6.77. The van der Waals surface area contributed by atoms with Gasteiger partial charge in [-0.15, -0.1) is 11.3 Å². The van der Waals surface area contributed by atoms with Gasteiger partial charge in [-0.05, 0) is 44.0 Å². The van der Waals surface area contributed by atoms with E-state index in [-0.39, 0.29) is 11.0 Å². The second-order valence-corrected chi connectivity index (χ2v) is 4.74. The molecule has 1 aromatic heterocycles. The summed E-state index contributed by atoms with van der Waals surface area (Å²) in [7, 11) is 0. The van der Waals surface area contributed by atoms with Crippen molar-refractivity contribution in [2.45, 2.75) is 18.9 Å². The smallest absolute Gasteiger partial charge is 0.176 e. The molecule has 0 aliphatic carbocycles. The van der Waals surface area contributed by atoms with Crippen molar-refractivity contribution < 1.29 is 9.50 Å². The van der Waals surface area contributed by atoms with Gasteiger partial charge in [-0.25, -0.2) is 0 Å². The average molecular weight is 215 g/mol. The van der Waals surface area contributed by atoms with Gasteiger partial charge < -0.3 is 10.4 Å². The summed E-state index contributed by atoms with van der Waals surface area (Å²) in [5.74, 6) is 0.286. The summed E-state index contributed by atoms with van der Waals surface area (Å²) in [4.78, 5) is 0.759. The first kappa shape index (κ1) is 10.1. The Morgan fingerprint density at radius 3 is 2.71 bits per heavy atom. The summed E-state index contributed by atoms with van der Waals surface area (Å²) in [6.45, 7) is 1.91. The van der Waals surface area contributed by atoms with Crippen molar-refractivity contribution in [2.24, 2.45) is 5.92 Å². The Hall–Kier alpha value is -0.450. The Bertz CT molecular complexity index is 296. The van der Waals surface area contributed by atoms with Crippen molar-refractivity contribution in [3.8, 4) is 0 Å². The fourth-order valence-electron chi connectivity index (χ4n) is 1.88. The molecule has 0 aromatic carbocycles. The third-order valence-corrected chi connectivity index (χ3v) is 3.66. The van der Waals surface area contributed by atoms with Gasteiger partial charge in [-0.2, -0.15) is 4.39 Å². The largest absolute Gasteiger partial charge is 0.387 e. The molecule has 2 nitrogen and oxygen atoms in total. The molecular formula is C10H14FNOS. The lowest BCUT2D eigenvalue weighted by atomic mass is 9.91. The van der Waals surface area contributed by atoms with E-state index in [4.69, 9.17) is 0 Å². The second kappa shape index (κ2) is 4.38. The molecule has 2 N–H and O–H groups in total. The van der Waals surface area contributed by atoms with Gasteiger partial charge in [0.2, 0.25) is 0 Å². The van der Waals surface area contributed by atoms with E-state index >= 15 is 0 Å². The minimum absolute atomic E-state index is 0.215. The number of piperidine rings is 1. The predicted octanol–water partition coefficient (Wildman–Crippen LogP) is 1.92. The number of hydrogen-bond acceptors (Lipinski definition) is 3. The van der Waals surface area contributed by atoms with Crippen molar-refractivity contribution in [1.82, 2.24) is 5.32 Å². The minimum Gasteiger partial charge on any atom is -0.387 e. The van der Waals surface area contributed by atoms with Crippen LogP contribution in [0.25, 0.3) is 0 Å². The van der Waals surface area contributed by atoms with Crippen LogP contribution in [0, 0.1) is 11.0 Å². The van der Waals surface area contributed by atoms with Crippen LogP contribution < -0.4 is 5.32 Å². The van der Waals surface area contributed by atoms with Crippen LogP contribution in [0.3, 0.4) is 0 Å². The number of aliphatic hydroxyl groups excluding tert-OH is 1. The highest BCUT2D eigenvalue weighted by Gasteiger charge is 2.23. The van der Waals surface area contributed by atoms with E-state index in [9.17, 15) is 9.50 Å². The number of aliphatic hydroxyl groups is 1. The summed E-state index contributed by atoms with van der Waals surface area (Å²) >= 11 is 1.05. The van der Waals surface area contributed by atoms with Crippen molar-refractivity contribution >= 4 is 11.3 Å². The third-order valence-electron chi connectivity index (χ3n) is 2.72. The zero-order valence-corrected chi connectivity index (χ0v) is 8.69. The fourth-order valence-corrected chi connectivity index (χ4v) is 2.69. The quantitative estimate of drug-likeness (QED) is 0.790. The van der Waals surface area contributed by atoms with Crippen molar-refractivity contribution in [3.05, 3.63) is 22.1 Å². The topological polar surface area (TPSA) is 32.3 Å². The molecule has 4 heteroatoms. The van der Waals surface area contributed by atoms with E-state index in [1.54, 1.807) is 6.07 Å². The number of thiophene rings is 1. The van der Waals surface area contributed by atoms with Crippen molar-refractivity contribution in [1.29, 1.82) is 0 Å². The number of rotatable bonds is 2. The molecule has 0 saturated carbocycles. The molecule has 2 rings (SSSR count). The molecule has 0 bridgehead atoms. The normalized spacial score (nSPS) is 21.0. The van der Waals surface area contributed by atoms with E-state index < -0.39 is 6.10 Å². The molecule has 14 heavy (non-hydrogen) atoms. The highest BCUT2D eigenvalue weighted by Crippen LogP contribution is 2.32. The number of nitrogens with one attached hydrogen (secondary N) is 1. The standard InChI is InChI=1S/C10H14FNOS/c11-9-2-1-8(14-9)10(13)7-3-5-12-6-4-7/h1-2,7,10,12-13H,3-6H2. The van der Waals surface area contributed by atoms with E-state index in [1.165, 1.54) is 6.07 Å². The summed E-state index contributed by atoms with van der Waals surface area (Å²) in [6.07, 6.45) is 1.47. The Balaban J connectivity index is 2.03. The lowest BCUT2D eigenvalue weighted by Gasteiger charge is -2.26. The Morgan fingerprint density at radius 1 is 1.43 bits per heavy atom. The summed E-state index contributed by atoms with van der Waals surface area (Å²) in [6, 6.07) is 3.11. The molecule has 1 aliphatic rings. The van der Waals surface area contributed by atoms with Crippen molar-refractivity contribution in [2.75, 3.05) is 13.1 Å². The Morgan fingerprint density at radius 2 is 2.14 bits per heavy atom. The van der Waals surface area contributed by atoms with E-state index in [2.05, 4.69) is 5.32 Å². The number of hydrogen-bond donors (Lipinski definition) is 2. The maximum atomic E-state index is 12.7. The van der Waals surface area contributed by atoms with Gasteiger partial charge in [0, 0.05) is 4.88 Å². The zero-order chi connectivity index (χ0) is 9.97. The first-order valence-electron chi connectivity index (χ1n) is 4.91. The van der Waals surface area contributed by atoms with Crippen LogP contribution >= 0.6 is 11.3 Å². The van der Waals surface area contributed by atoms with E-state index in [0.29, 0.717) is 0 Å². The minimum atomic E-state index is -0.480. The molecule has 0 amide bonds. The van der Waals surface area contributed by atoms with Gasteiger partial charge in [0.25, 0.3) is 0 Å². The van der Waals surface area contributed by atoms with Gasteiger partial charge in [-0.3, -0.25) is 0 Å². The molecule has 1 saturated heterocycles. The molecule has 1 aromatic rings. The molecule has 1 unspecified atom stereocenters. The van der Waals surface area contributed by atoms with Crippen LogP contribution in [-0.4, -0.2) is 18.2 Å². The van der Waals surface area contributed by atoms with Crippen LogP contribution in [0.5, 0.6) is 0 Å². The van der Waals surface area contributed by atoms with Crippen LogP contribution in [0.1, 0.15) is 23.8 Å². The lowest BCUT2D eigenvalue weighted by Crippen LogP contribution is -2.30. The van der Waals surface area contributed by atoms with Crippen molar-refractivity contribution in [3.63, 3.8) is 0 Å². The fraction of sp³-hybridized carbons (Fsp3) is 0.600. The van der Waals surface area contributed by atoms with E-state index in [0.717, 1.165) is 42.1 Å². The lowest BCUT2D eigenvalue weighted by molar-refractivity contribution is 0.0920. The highest BCUT2D eigenvalue weighted by molar-refractivity contribution is 7.10. The van der Waals surface area contributed by atoms with Gasteiger partial charge in [0.05, 0.1) is 6.10 Å². The first-order valence-corrected chi connectivity index (χ1v) is 5.73. The molecule has 0 radical (unpaired) electrons. The van der Waals surface area contributed by atoms with Crippen LogP contribution in [-0.2, 0) is 0 Å². The van der Waals surface area contributed by atoms with Gasteiger partial charge in [0.1, 0.15) is 0 Å². The van der Waals surface area contributed by atoms with Crippen LogP contribution in [0.2, 0.25) is 0 Å². The molecule has 2 heterocycles. The number of halogens is 1. The third kappa shape index (κ3) is 2.13. The molecule has 0 spiro atoms. The maximum Gasteiger partial charge on any atom is 0.176 e. The SMILES string of the molecule is OC(c1ccc(F)s1)C1CCNCC1. The Kier molecular flexibility index (Phi) is 3.15. The molecule has 1 fully saturated rings. The van der Waals surface area contributed by atoms with Gasteiger partial charge >= 0.3 is 0 Å². The van der Waals surface area contributed by atoms with Gasteiger partial charge in [0.15, 0.2) is 5.13 Å². The maximum absolute atomic E-state index is 12.7. The monoisotopic (exact) mass is 215 g/mol. The predicted molar refractivity (Wildman–Crippen MR) is 54.8 cm³/mol. The highest BCUT2D eigenvalue weighted by atomic mass is 32.1. The molecule has 78 valence electrons.